The van der Waals surface area contributed by atoms with Crippen LogP contribution in [0.1, 0.15) is 5.56 Å². The molecule has 0 unspecified atom stereocenters. The highest BCUT2D eigenvalue weighted by Crippen LogP contribution is 2.26. The molecule has 1 amide bonds. The van der Waals surface area contributed by atoms with Crippen LogP contribution in [-0.2, 0) is 9.53 Å². The fourth-order valence-corrected chi connectivity index (χ4v) is 2.28. The second kappa shape index (κ2) is 7.11. The standard InChI is InChI=1S/C15H15ClN2O3/c1-20-14-3-2-11(9-13(14)16)8-12(10-17)15(19)18-4-6-21-7-5-18/h2-3,8-9H,4-7H2,1H3/b12-8+. The maximum atomic E-state index is 12.3. The lowest BCUT2D eigenvalue weighted by Crippen LogP contribution is -2.41. The number of carbonyl (C=O) groups is 1. The van der Waals surface area contributed by atoms with Crippen LogP contribution in [-0.4, -0.2) is 44.2 Å². The first kappa shape index (κ1) is 15.4. The topological polar surface area (TPSA) is 62.6 Å². The maximum absolute atomic E-state index is 12.3. The molecule has 0 aromatic heterocycles. The van der Waals surface area contributed by atoms with Crippen molar-refractivity contribution in [3.05, 3.63) is 34.4 Å². The second-order valence-electron chi connectivity index (χ2n) is 4.47. The normalized spacial score (nSPS) is 15.5. The summed E-state index contributed by atoms with van der Waals surface area (Å²) in [7, 11) is 1.53. The van der Waals surface area contributed by atoms with E-state index in [1.54, 1.807) is 23.1 Å². The minimum absolute atomic E-state index is 0.0816. The third-order valence-corrected chi connectivity index (χ3v) is 3.43. The van der Waals surface area contributed by atoms with Crippen molar-refractivity contribution in [2.24, 2.45) is 0 Å². The third kappa shape index (κ3) is 3.75. The zero-order valence-electron chi connectivity index (χ0n) is 11.6. The number of methoxy groups -OCH3 is 1. The molecule has 21 heavy (non-hydrogen) atoms. The molecule has 1 aromatic rings. The number of ether oxygens (including phenoxy) is 2. The van der Waals surface area contributed by atoms with E-state index in [-0.39, 0.29) is 11.5 Å². The highest BCUT2D eigenvalue weighted by Gasteiger charge is 2.20. The van der Waals surface area contributed by atoms with Crippen LogP contribution in [0.15, 0.2) is 23.8 Å². The molecule has 110 valence electrons. The van der Waals surface area contributed by atoms with Crippen LogP contribution >= 0.6 is 11.6 Å². The predicted molar refractivity (Wildman–Crippen MR) is 79.0 cm³/mol. The van der Waals surface area contributed by atoms with E-state index < -0.39 is 0 Å². The first-order chi connectivity index (χ1) is 10.2. The van der Waals surface area contributed by atoms with Crippen molar-refractivity contribution in [3.63, 3.8) is 0 Å². The van der Waals surface area contributed by atoms with Crippen LogP contribution < -0.4 is 4.74 Å². The minimum atomic E-state index is -0.284. The summed E-state index contributed by atoms with van der Waals surface area (Å²) in [4.78, 5) is 13.9. The van der Waals surface area contributed by atoms with E-state index in [4.69, 9.17) is 21.1 Å². The second-order valence-corrected chi connectivity index (χ2v) is 4.88. The van der Waals surface area contributed by atoms with Gasteiger partial charge in [-0.3, -0.25) is 4.79 Å². The Morgan fingerprint density at radius 2 is 2.19 bits per heavy atom. The van der Waals surface area contributed by atoms with E-state index in [1.807, 2.05) is 6.07 Å². The number of nitrogens with zero attached hydrogens (tertiary/aromatic N) is 2. The molecule has 0 saturated carbocycles. The Labute approximate surface area is 128 Å². The van der Waals surface area contributed by atoms with Gasteiger partial charge in [0.25, 0.3) is 5.91 Å². The fraction of sp³-hybridized carbons (Fsp3) is 0.333. The quantitative estimate of drug-likeness (QED) is 0.634. The lowest BCUT2D eigenvalue weighted by Gasteiger charge is -2.26. The van der Waals surface area contributed by atoms with E-state index in [1.165, 1.54) is 13.2 Å². The maximum Gasteiger partial charge on any atom is 0.264 e. The Morgan fingerprint density at radius 3 is 2.76 bits per heavy atom. The number of hydrogen-bond donors (Lipinski definition) is 0. The average molecular weight is 307 g/mol. The Bertz CT molecular complexity index is 601. The van der Waals surface area contributed by atoms with Gasteiger partial charge in [-0.05, 0) is 23.8 Å². The van der Waals surface area contributed by atoms with Crippen molar-refractivity contribution in [2.75, 3.05) is 33.4 Å². The van der Waals surface area contributed by atoms with E-state index in [0.29, 0.717) is 42.6 Å². The predicted octanol–water partition coefficient (Wildman–Crippen LogP) is 2.11. The summed E-state index contributed by atoms with van der Waals surface area (Å²) < 4.78 is 10.3. The van der Waals surface area contributed by atoms with Crippen LogP contribution in [0.3, 0.4) is 0 Å². The zero-order valence-corrected chi connectivity index (χ0v) is 12.4. The van der Waals surface area contributed by atoms with Crippen molar-refractivity contribution in [1.29, 1.82) is 5.26 Å². The largest absolute Gasteiger partial charge is 0.495 e. The molecule has 1 aromatic carbocycles. The van der Waals surface area contributed by atoms with Crippen LogP contribution in [0.5, 0.6) is 5.75 Å². The van der Waals surface area contributed by atoms with Crippen molar-refractivity contribution in [1.82, 2.24) is 4.90 Å². The van der Waals surface area contributed by atoms with Gasteiger partial charge in [-0.15, -0.1) is 0 Å². The van der Waals surface area contributed by atoms with E-state index >= 15 is 0 Å². The van der Waals surface area contributed by atoms with Crippen LogP contribution in [0.25, 0.3) is 6.08 Å². The summed E-state index contributed by atoms with van der Waals surface area (Å²) in [5, 5.41) is 9.64. The van der Waals surface area contributed by atoms with Gasteiger partial charge in [-0.2, -0.15) is 5.26 Å². The van der Waals surface area contributed by atoms with Crippen molar-refractivity contribution in [3.8, 4) is 11.8 Å². The lowest BCUT2D eigenvalue weighted by atomic mass is 10.1. The highest BCUT2D eigenvalue weighted by atomic mass is 35.5. The SMILES string of the molecule is COc1ccc(/C=C(\C#N)C(=O)N2CCOCC2)cc1Cl. The smallest absolute Gasteiger partial charge is 0.264 e. The van der Waals surface area contributed by atoms with E-state index in [2.05, 4.69) is 0 Å². The third-order valence-electron chi connectivity index (χ3n) is 3.14. The van der Waals surface area contributed by atoms with Gasteiger partial charge in [-0.25, -0.2) is 0 Å². The van der Waals surface area contributed by atoms with Crippen LogP contribution in [0.2, 0.25) is 5.02 Å². The molecule has 1 heterocycles. The number of nitriles is 1. The number of carbonyl (C=O) groups excluding carboxylic acids is 1. The van der Waals surface area contributed by atoms with E-state index in [9.17, 15) is 10.1 Å². The molecule has 5 nitrogen and oxygen atoms in total. The van der Waals surface area contributed by atoms with Gasteiger partial charge < -0.3 is 14.4 Å². The summed E-state index contributed by atoms with van der Waals surface area (Å²) in [5.74, 6) is 0.263. The first-order valence-electron chi connectivity index (χ1n) is 6.48. The Hall–Kier alpha value is -2.03. The van der Waals surface area contributed by atoms with Gasteiger partial charge in [0, 0.05) is 13.1 Å². The molecule has 1 aliphatic heterocycles. The summed E-state index contributed by atoms with van der Waals surface area (Å²) in [6.07, 6.45) is 1.53. The molecule has 6 heteroatoms. The molecule has 1 aliphatic rings. The summed E-state index contributed by atoms with van der Waals surface area (Å²) in [5.41, 5.74) is 0.761. The van der Waals surface area contributed by atoms with Gasteiger partial charge in [0.15, 0.2) is 0 Å². The monoisotopic (exact) mass is 306 g/mol. The summed E-state index contributed by atoms with van der Waals surface area (Å²) in [6, 6.07) is 7.05. The van der Waals surface area contributed by atoms with Crippen molar-refractivity contribution >= 4 is 23.6 Å². The Kier molecular flexibility index (Phi) is 5.20. The number of rotatable bonds is 3. The molecule has 0 atom stereocenters. The number of morpholine rings is 1. The van der Waals surface area contributed by atoms with Crippen molar-refractivity contribution in [2.45, 2.75) is 0 Å². The first-order valence-corrected chi connectivity index (χ1v) is 6.86. The molecule has 0 radical (unpaired) electrons. The van der Waals surface area contributed by atoms with Crippen LogP contribution in [0.4, 0.5) is 0 Å². The molecule has 1 saturated heterocycles. The minimum Gasteiger partial charge on any atom is -0.495 e. The molecule has 0 bridgehead atoms. The zero-order chi connectivity index (χ0) is 15.2. The Balaban J connectivity index is 2.22. The van der Waals surface area contributed by atoms with Gasteiger partial charge >= 0.3 is 0 Å². The van der Waals surface area contributed by atoms with E-state index in [0.717, 1.165) is 0 Å². The average Bonchev–Trinajstić information content (AvgIpc) is 2.53. The van der Waals surface area contributed by atoms with Gasteiger partial charge in [0.2, 0.25) is 0 Å². The number of halogens is 1. The molecule has 0 N–H and O–H groups in total. The molecule has 0 spiro atoms. The summed E-state index contributed by atoms with van der Waals surface area (Å²) >= 11 is 6.04. The van der Waals surface area contributed by atoms with Crippen LogP contribution in [0, 0.1) is 11.3 Å². The summed E-state index contributed by atoms with van der Waals surface area (Å²) in [6.45, 7) is 2.00. The molecule has 1 fully saturated rings. The van der Waals surface area contributed by atoms with Gasteiger partial charge in [-0.1, -0.05) is 17.7 Å². The van der Waals surface area contributed by atoms with Gasteiger partial charge in [0.1, 0.15) is 17.4 Å². The molecular formula is C15H15ClN2O3. The molecular weight excluding hydrogens is 292 g/mol. The highest BCUT2D eigenvalue weighted by molar-refractivity contribution is 6.32. The number of benzene rings is 1. The molecule has 2 rings (SSSR count). The Morgan fingerprint density at radius 1 is 1.48 bits per heavy atom. The number of hydrogen-bond acceptors (Lipinski definition) is 4. The lowest BCUT2D eigenvalue weighted by molar-refractivity contribution is -0.130. The van der Waals surface area contributed by atoms with Gasteiger partial charge in [0.05, 0.1) is 25.3 Å². The molecule has 0 aliphatic carbocycles. The van der Waals surface area contributed by atoms with Crippen molar-refractivity contribution < 1.29 is 14.3 Å². The number of amides is 1. The fourth-order valence-electron chi connectivity index (χ4n) is 2.02.